The van der Waals surface area contributed by atoms with E-state index < -0.39 is 0 Å². The molecule has 0 spiro atoms. The summed E-state index contributed by atoms with van der Waals surface area (Å²) in [6, 6.07) is 14.8. The maximum atomic E-state index is 5.87. The third kappa shape index (κ3) is 4.30. The van der Waals surface area contributed by atoms with Crippen LogP contribution in [0.1, 0.15) is 11.1 Å². The van der Waals surface area contributed by atoms with E-state index in [-0.39, 0.29) is 0 Å². The molecule has 97 valence electrons. The molecule has 0 aliphatic carbocycles. The molecular formula is C15H13ClNO2. The average molecular weight is 275 g/mol. The summed E-state index contributed by atoms with van der Waals surface area (Å²) in [6.45, 7) is 0.365. The van der Waals surface area contributed by atoms with Crippen LogP contribution < -0.4 is 4.74 Å². The van der Waals surface area contributed by atoms with Crippen LogP contribution in [0, 0.1) is 0 Å². The summed E-state index contributed by atoms with van der Waals surface area (Å²) in [5.74, 6) is 0.797. The Morgan fingerprint density at radius 2 is 1.95 bits per heavy atom. The lowest BCUT2D eigenvalue weighted by Gasteiger charge is -2.00. The molecule has 0 amide bonds. The van der Waals surface area contributed by atoms with Gasteiger partial charge in [-0.15, -0.1) is 0 Å². The second-order valence-electron chi connectivity index (χ2n) is 3.83. The standard InChI is InChI=1S/C15H13ClNO2/c1-18-15-7-5-12(6-8-15)10-17-19-11-13-3-2-4-14(16)9-13/h2-9H,11H2,1H3. The zero-order valence-electron chi connectivity index (χ0n) is 10.5. The minimum Gasteiger partial charge on any atom is -0.497 e. The Labute approximate surface area is 117 Å². The summed E-state index contributed by atoms with van der Waals surface area (Å²) in [5.41, 5.74) is 1.79. The van der Waals surface area contributed by atoms with E-state index in [4.69, 9.17) is 21.2 Å². The van der Waals surface area contributed by atoms with Crippen LogP contribution in [0.2, 0.25) is 5.02 Å². The Kier molecular flexibility index (Phi) is 4.81. The van der Waals surface area contributed by atoms with Crippen LogP contribution in [0.3, 0.4) is 0 Å². The number of ether oxygens (including phenoxy) is 1. The van der Waals surface area contributed by atoms with Gasteiger partial charge in [-0.3, -0.25) is 0 Å². The van der Waals surface area contributed by atoms with Crippen LogP contribution in [0.4, 0.5) is 0 Å². The molecule has 1 radical (unpaired) electrons. The van der Waals surface area contributed by atoms with Gasteiger partial charge in [-0.1, -0.05) is 28.9 Å². The van der Waals surface area contributed by atoms with Crippen LogP contribution in [0.5, 0.6) is 5.75 Å². The lowest BCUT2D eigenvalue weighted by Crippen LogP contribution is -1.88. The fraction of sp³-hybridized carbons (Fsp3) is 0.133. The summed E-state index contributed by atoms with van der Waals surface area (Å²) >= 11 is 5.87. The highest BCUT2D eigenvalue weighted by Gasteiger charge is 1.94. The van der Waals surface area contributed by atoms with Crippen molar-refractivity contribution in [2.24, 2.45) is 5.16 Å². The number of hydrogen-bond donors (Lipinski definition) is 0. The molecule has 3 nitrogen and oxygen atoms in total. The van der Waals surface area contributed by atoms with Crippen molar-refractivity contribution in [2.45, 2.75) is 6.61 Å². The van der Waals surface area contributed by atoms with Gasteiger partial charge in [-0.25, -0.2) is 0 Å². The molecule has 0 fully saturated rings. The van der Waals surface area contributed by atoms with Crippen molar-refractivity contribution in [3.63, 3.8) is 0 Å². The van der Waals surface area contributed by atoms with Crippen LogP contribution in [0.15, 0.2) is 53.7 Å². The van der Waals surface area contributed by atoms with Crippen molar-refractivity contribution < 1.29 is 9.57 Å². The van der Waals surface area contributed by atoms with Crippen LogP contribution in [-0.2, 0) is 11.4 Å². The van der Waals surface area contributed by atoms with E-state index in [1.807, 2.05) is 48.5 Å². The van der Waals surface area contributed by atoms with E-state index in [0.29, 0.717) is 11.6 Å². The highest BCUT2D eigenvalue weighted by atomic mass is 35.5. The Morgan fingerprint density at radius 3 is 2.63 bits per heavy atom. The van der Waals surface area contributed by atoms with Crippen LogP contribution in [0.25, 0.3) is 0 Å². The fourth-order valence-corrected chi connectivity index (χ4v) is 1.70. The second-order valence-corrected chi connectivity index (χ2v) is 4.27. The molecule has 0 aromatic heterocycles. The smallest absolute Gasteiger partial charge is 0.142 e. The molecule has 2 rings (SSSR count). The third-order valence-corrected chi connectivity index (χ3v) is 2.68. The summed E-state index contributed by atoms with van der Waals surface area (Å²) in [7, 11) is 1.63. The van der Waals surface area contributed by atoms with Gasteiger partial charge in [0, 0.05) is 10.6 Å². The number of nitrogens with zero attached hydrogens (tertiary/aromatic N) is 1. The van der Waals surface area contributed by atoms with Gasteiger partial charge in [0.05, 0.1) is 7.11 Å². The largest absolute Gasteiger partial charge is 0.497 e. The SMILES string of the molecule is COc1ccc(/[C]=N\OCc2cccc(Cl)c2)cc1. The molecule has 0 unspecified atom stereocenters. The van der Waals surface area contributed by atoms with Gasteiger partial charge >= 0.3 is 0 Å². The molecule has 19 heavy (non-hydrogen) atoms. The molecule has 0 saturated carbocycles. The maximum absolute atomic E-state index is 5.87. The maximum Gasteiger partial charge on any atom is 0.142 e. The molecule has 0 heterocycles. The Balaban J connectivity index is 1.86. The van der Waals surface area contributed by atoms with Gasteiger partial charge in [-0.05, 0) is 42.0 Å². The van der Waals surface area contributed by atoms with Crippen molar-refractivity contribution in [2.75, 3.05) is 7.11 Å². The van der Waals surface area contributed by atoms with Gasteiger partial charge in [0.15, 0.2) is 0 Å². The Morgan fingerprint density at radius 1 is 1.16 bits per heavy atom. The van der Waals surface area contributed by atoms with Crippen molar-refractivity contribution in [3.05, 3.63) is 64.7 Å². The number of benzene rings is 2. The van der Waals surface area contributed by atoms with E-state index in [0.717, 1.165) is 16.9 Å². The molecule has 2 aromatic rings. The first-order valence-electron chi connectivity index (χ1n) is 5.74. The lowest BCUT2D eigenvalue weighted by molar-refractivity contribution is 0.132. The zero-order chi connectivity index (χ0) is 13.5. The quantitative estimate of drug-likeness (QED) is 0.614. The van der Waals surface area contributed by atoms with Gasteiger partial charge in [0.2, 0.25) is 0 Å². The first-order chi connectivity index (χ1) is 9.28. The zero-order valence-corrected chi connectivity index (χ0v) is 11.2. The van der Waals surface area contributed by atoms with Crippen LogP contribution >= 0.6 is 11.6 Å². The summed E-state index contributed by atoms with van der Waals surface area (Å²) in [6.07, 6.45) is 2.80. The van der Waals surface area contributed by atoms with E-state index in [2.05, 4.69) is 11.4 Å². The van der Waals surface area contributed by atoms with Gasteiger partial charge in [0.1, 0.15) is 18.6 Å². The normalized spacial score (nSPS) is 10.6. The predicted octanol–water partition coefficient (Wildman–Crippen LogP) is 3.78. The summed E-state index contributed by atoms with van der Waals surface area (Å²) < 4.78 is 5.06. The van der Waals surface area contributed by atoms with E-state index in [1.54, 1.807) is 7.11 Å². The van der Waals surface area contributed by atoms with E-state index in [1.165, 1.54) is 0 Å². The van der Waals surface area contributed by atoms with Crippen molar-refractivity contribution in [3.8, 4) is 5.75 Å². The minimum absolute atomic E-state index is 0.365. The molecule has 0 aliphatic rings. The monoisotopic (exact) mass is 274 g/mol. The topological polar surface area (TPSA) is 30.8 Å². The Hall–Kier alpha value is -2.00. The van der Waals surface area contributed by atoms with E-state index in [9.17, 15) is 0 Å². The number of methoxy groups -OCH3 is 1. The van der Waals surface area contributed by atoms with Crippen molar-refractivity contribution in [1.82, 2.24) is 0 Å². The number of halogens is 1. The highest BCUT2D eigenvalue weighted by molar-refractivity contribution is 6.30. The average Bonchev–Trinajstić information content (AvgIpc) is 2.44. The van der Waals surface area contributed by atoms with Crippen molar-refractivity contribution in [1.29, 1.82) is 0 Å². The minimum atomic E-state index is 0.365. The van der Waals surface area contributed by atoms with Gasteiger partial charge in [-0.2, -0.15) is 0 Å². The number of rotatable bonds is 5. The second kappa shape index (κ2) is 6.81. The molecule has 0 saturated heterocycles. The number of hydrogen-bond acceptors (Lipinski definition) is 3. The molecule has 0 N–H and O–H groups in total. The molecule has 2 aromatic carbocycles. The molecule has 0 aliphatic heterocycles. The first kappa shape index (κ1) is 13.4. The first-order valence-corrected chi connectivity index (χ1v) is 6.12. The highest BCUT2D eigenvalue weighted by Crippen LogP contribution is 2.12. The van der Waals surface area contributed by atoms with Crippen LogP contribution in [-0.4, -0.2) is 13.3 Å². The molecule has 4 heteroatoms. The van der Waals surface area contributed by atoms with Gasteiger partial charge < -0.3 is 9.57 Å². The van der Waals surface area contributed by atoms with Gasteiger partial charge in [0.25, 0.3) is 0 Å². The summed E-state index contributed by atoms with van der Waals surface area (Å²) in [5, 5.41) is 4.47. The lowest BCUT2D eigenvalue weighted by atomic mass is 10.2. The molecular weight excluding hydrogens is 262 g/mol. The van der Waals surface area contributed by atoms with Crippen molar-refractivity contribution >= 4 is 17.8 Å². The predicted molar refractivity (Wildman–Crippen MR) is 75.8 cm³/mol. The van der Waals surface area contributed by atoms with E-state index >= 15 is 0 Å². The Bertz CT molecular complexity index is 552. The molecule has 0 atom stereocenters. The summed E-state index contributed by atoms with van der Waals surface area (Å²) in [4.78, 5) is 5.16. The molecule has 0 bridgehead atoms. The fourth-order valence-electron chi connectivity index (χ4n) is 1.48. The third-order valence-electron chi connectivity index (χ3n) is 2.45.